The van der Waals surface area contributed by atoms with Crippen molar-refractivity contribution in [3.8, 4) is 17.2 Å². The molecule has 0 fully saturated rings. The van der Waals surface area contributed by atoms with Crippen molar-refractivity contribution in [2.75, 3.05) is 38.7 Å². The topological polar surface area (TPSA) is 77.1 Å². The quantitative estimate of drug-likeness (QED) is 0.444. The largest absolute Gasteiger partial charge is 0.490 e. The molecule has 3 rings (SSSR count). The molecule has 1 N–H and O–H groups in total. The van der Waals surface area contributed by atoms with E-state index in [1.165, 1.54) is 4.90 Å². The van der Waals surface area contributed by atoms with Gasteiger partial charge in [0.15, 0.2) is 11.5 Å². The van der Waals surface area contributed by atoms with E-state index in [9.17, 15) is 9.59 Å². The molecule has 0 unspecified atom stereocenters. The molecule has 0 aliphatic rings. The minimum atomic E-state index is -0.293. The van der Waals surface area contributed by atoms with Gasteiger partial charge in [-0.2, -0.15) is 0 Å². The maximum atomic E-state index is 12.8. The van der Waals surface area contributed by atoms with Gasteiger partial charge in [0.2, 0.25) is 5.91 Å². The summed E-state index contributed by atoms with van der Waals surface area (Å²) in [4.78, 5) is 26.5. The van der Waals surface area contributed by atoms with Crippen molar-refractivity contribution in [2.24, 2.45) is 0 Å². The molecule has 7 heteroatoms. The van der Waals surface area contributed by atoms with Crippen LogP contribution in [-0.2, 0) is 4.79 Å². The van der Waals surface area contributed by atoms with Crippen LogP contribution in [0, 0.1) is 0 Å². The summed E-state index contributed by atoms with van der Waals surface area (Å²) in [5, 5.41) is 2.77. The van der Waals surface area contributed by atoms with Gasteiger partial charge in [-0.25, -0.2) is 0 Å². The van der Waals surface area contributed by atoms with Gasteiger partial charge in [0.25, 0.3) is 5.91 Å². The van der Waals surface area contributed by atoms with Crippen molar-refractivity contribution in [3.63, 3.8) is 0 Å². The van der Waals surface area contributed by atoms with Crippen molar-refractivity contribution in [2.45, 2.75) is 6.92 Å². The van der Waals surface area contributed by atoms with E-state index in [4.69, 9.17) is 14.2 Å². The molecule has 3 aromatic rings. The molecule has 3 aromatic carbocycles. The van der Waals surface area contributed by atoms with Gasteiger partial charge in [-0.05, 0) is 49.4 Å². The van der Waals surface area contributed by atoms with E-state index in [0.717, 1.165) is 5.75 Å². The Hall–Kier alpha value is -4.00. The molecular weight excluding hydrogens is 420 g/mol. The summed E-state index contributed by atoms with van der Waals surface area (Å²) in [6.07, 6.45) is 0. The third-order valence-electron chi connectivity index (χ3n) is 4.63. The molecule has 0 aliphatic carbocycles. The van der Waals surface area contributed by atoms with Crippen LogP contribution in [0.5, 0.6) is 17.2 Å². The summed E-state index contributed by atoms with van der Waals surface area (Å²) < 4.78 is 17.1. The number of anilines is 1. The molecule has 2 amide bonds. The molecule has 0 spiro atoms. The molecule has 0 saturated heterocycles. The van der Waals surface area contributed by atoms with Crippen molar-refractivity contribution < 1.29 is 23.8 Å². The first-order chi connectivity index (χ1) is 16.1. The van der Waals surface area contributed by atoms with Crippen LogP contribution < -0.4 is 19.5 Å². The number of para-hydroxylation sites is 2. The number of nitrogens with one attached hydrogen (secondary N) is 1. The Morgan fingerprint density at radius 3 is 2.18 bits per heavy atom. The monoisotopic (exact) mass is 448 g/mol. The van der Waals surface area contributed by atoms with Crippen molar-refractivity contribution in [1.82, 2.24) is 4.90 Å². The highest BCUT2D eigenvalue weighted by Crippen LogP contribution is 2.29. The smallest absolute Gasteiger partial charge is 0.254 e. The van der Waals surface area contributed by atoms with E-state index in [0.29, 0.717) is 42.6 Å². The number of likely N-dealkylation sites (N-methyl/N-ethyl adjacent to an activating group) is 1. The van der Waals surface area contributed by atoms with Gasteiger partial charge in [0, 0.05) is 18.3 Å². The van der Waals surface area contributed by atoms with Gasteiger partial charge in [0.05, 0.1) is 13.2 Å². The lowest BCUT2D eigenvalue weighted by atomic mass is 10.1. The van der Waals surface area contributed by atoms with Crippen LogP contribution >= 0.6 is 0 Å². The molecule has 0 aromatic heterocycles. The lowest BCUT2D eigenvalue weighted by Crippen LogP contribution is -2.34. The fourth-order valence-corrected chi connectivity index (χ4v) is 3.09. The molecule has 33 heavy (non-hydrogen) atoms. The molecule has 172 valence electrons. The number of benzene rings is 3. The summed E-state index contributed by atoms with van der Waals surface area (Å²) in [5.41, 5.74) is 1.08. The molecular formula is C26H28N2O5. The highest BCUT2D eigenvalue weighted by atomic mass is 16.5. The Bertz CT molecular complexity index is 1040. The van der Waals surface area contributed by atoms with Crippen molar-refractivity contribution in [3.05, 3.63) is 84.4 Å². The molecule has 0 atom stereocenters. The Labute approximate surface area is 193 Å². The first kappa shape index (κ1) is 23.7. The second-order valence-corrected chi connectivity index (χ2v) is 7.18. The highest BCUT2D eigenvalue weighted by Gasteiger charge is 2.17. The third-order valence-corrected chi connectivity index (χ3v) is 4.63. The zero-order valence-corrected chi connectivity index (χ0v) is 18.8. The number of nitrogens with zero attached hydrogens (tertiary/aromatic N) is 1. The standard InChI is InChI=1S/C26H28N2O5/c1-3-31-24-18-20(14-15-23(24)33-17-16-32-22-12-8-5-9-13-22)26(30)28(2)19-25(29)27-21-10-6-4-7-11-21/h4-15,18H,3,16-17,19H2,1-2H3,(H,27,29). The highest BCUT2D eigenvalue weighted by molar-refractivity contribution is 5.99. The van der Waals surface area contributed by atoms with Crippen LogP contribution in [0.1, 0.15) is 17.3 Å². The molecule has 7 nitrogen and oxygen atoms in total. The Morgan fingerprint density at radius 2 is 1.48 bits per heavy atom. The van der Waals surface area contributed by atoms with Gasteiger partial charge in [-0.15, -0.1) is 0 Å². The number of ether oxygens (including phenoxy) is 3. The number of hydrogen-bond acceptors (Lipinski definition) is 5. The van der Waals surface area contributed by atoms with Crippen LogP contribution in [0.15, 0.2) is 78.9 Å². The minimum Gasteiger partial charge on any atom is -0.490 e. The SMILES string of the molecule is CCOc1cc(C(=O)N(C)CC(=O)Nc2ccccc2)ccc1OCCOc1ccccc1. The van der Waals surface area contributed by atoms with E-state index >= 15 is 0 Å². The lowest BCUT2D eigenvalue weighted by Gasteiger charge is -2.18. The van der Waals surface area contributed by atoms with Crippen LogP contribution in [0.4, 0.5) is 5.69 Å². The number of hydrogen-bond donors (Lipinski definition) is 1. The summed E-state index contributed by atoms with van der Waals surface area (Å²) in [5.74, 6) is 1.18. The maximum Gasteiger partial charge on any atom is 0.254 e. The van der Waals surface area contributed by atoms with Gasteiger partial charge < -0.3 is 24.4 Å². The normalized spacial score (nSPS) is 10.2. The van der Waals surface area contributed by atoms with E-state index in [1.807, 2.05) is 55.5 Å². The second kappa shape index (κ2) is 12.1. The second-order valence-electron chi connectivity index (χ2n) is 7.18. The summed E-state index contributed by atoms with van der Waals surface area (Å²) in [7, 11) is 1.58. The Balaban J connectivity index is 1.57. The van der Waals surface area contributed by atoms with E-state index in [2.05, 4.69) is 5.32 Å². The van der Waals surface area contributed by atoms with Gasteiger partial charge >= 0.3 is 0 Å². The van der Waals surface area contributed by atoms with Crippen molar-refractivity contribution >= 4 is 17.5 Å². The van der Waals surface area contributed by atoms with Crippen LogP contribution in [-0.4, -0.2) is 50.1 Å². The lowest BCUT2D eigenvalue weighted by molar-refractivity contribution is -0.116. The van der Waals surface area contributed by atoms with Crippen LogP contribution in [0.3, 0.4) is 0 Å². The number of carbonyl (C=O) groups excluding carboxylic acids is 2. The third kappa shape index (κ3) is 7.28. The Morgan fingerprint density at radius 1 is 0.818 bits per heavy atom. The van der Waals surface area contributed by atoms with Gasteiger partial charge in [0.1, 0.15) is 19.0 Å². The molecule has 0 saturated carbocycles. The van der Waals surface area contributed by atoms with Crippen LogP contribution in [0.25, 0.3) is 0 Å². The van der Waals surface area contributed by atoms with E-state index in [-0.39, 0.29) is 18.4 Å². The zero-order valence-electron chi connectivity index (χ0n) is 18.8. The van der Waals surface area contributed by atoms with Gasteiger partial charge in [-0.3, -0.25) is 9.59 Å². The molecule has 0 radical (unpaired) electrons. The first-order valence-corrected chi connectivity index (χ1v) is 10.7. The average Bonchev–Trinajstić information content (AvgIpc) is 2.83. The number of amides is 2. The average molecular weight is 449 g/mol. The summed E-state index contributed by atoms with van der Waals surface area (Å²) in [6, 6.07) is 23.6. The summed E-state index contributed by atoms with van der Waals surface area (Å²) in [6.45, 7) is 2.89. The molecule has 0 bridgehead atoms. The maximum absolute atomic E-state index is 12.8. The molecule has 0 heterocycles. The van der Waals surface area contributed by atoms with E-state index in [1.54, 1.807) is 37.4 Å². The minimum absolute atomic E-state index is 0.0766. The first-order valence-electron chi connectivity index (χ1n) is 10.7. The van der Waals surface area contributed by atoms with Crippen molar-refractivity contribution in [1.29, 1.82) is 0 Å². The predicted octanol–water partition coefficient (Wildman–Crippen LogP) is 4.25. The Kier molecular flexibility index (Phi) is 8.71. The van der Waals surface area contributed by atoms with E-state index < -0.39 is 0 Å². The number of carbonyl (C=O) groups is 2. The zero-order chi connectivity index (χ0) is 23.5. The molecule has 0 aliphatic heterocycles. The fourth-order valence-electron chi connectivity index (χ4n) is 3.09. The predicted molar refractivity (Wildman–Crippen MR) is 127 cm³/mol. The fraction of sp³-hybridized carbons (Fsp3) is 0.231. The summed E-state index contributed by atoms with van der Waals surface area (Å²) >= 11 is 0. The van der Waals surface area contributed by atoms with Gasteiger partial charge in [-0.1, -0.05) is 36.4 Å². The van der Waals surface area contributed by atoms with Crippen LogP contribution in [0.2, 0.25) is 0 Å². The number of rotatable bonds is 11.